The normalized spacial score (nSPS) is 11.2. The summed E-state index contributed by atoms with van der Waals surface area (Å²) in [4.78, 5) is 23.4. The topological polar surface area (TPSA) is 81.7 Å². The first-order valence-electron chi connectivity index (χ1n) is 6.20. The Morgan fingerprint density at radius 1 is 1.30 bits per heavy atom. The maximum atomic E-state index is 13.8. The molecule has 5 heteroatoms. The van der Waals surface area contributed by atoms with E-state index in [2.05, 4.69) is 0 Å². The molecule has 0 aliphatic carbocycles. The van der Waals surface area contributed by atoms with Crippen LogP contribution in [0, 0.1) is 22.7 Å². The molecule has 0 aliphatic heterocycles. The Kier molecular flexibility index (Phi) is 5.56. The summed E-state index contributed by atoms with van der Waals surface area (Å²) in [5.41, 5.74) is -0.0605. The van der Waals surface area contributed by atoms with Crippen molar-refractivity contribution in [2.75, 3.05) is 0 Å². The molecule has 0 heterocycles. The summed E-state index contributed by atoms with van der Waals surface area (Å²) in [5.74, 6) is -1.79. The predicted molar refractivity (Wildman–Crippen MR) is 69.6 cm³/mol. The van der Waals surface area contributed by atoms with Crippen molar-refractivity contribution >= 4 is 11.6 Å². The number of ketones is 2. The zero-order valence-electron chi connectivity index (χ0n) is 11.0. The summed E-state index contributed by atoms with van der Waals surface area (Å²) in [6.45, 7) is 1.86. The second-order valence-corrected chi connectivity index (χ2v) is 4.28. The number of benzene rings is 1. The molecule has 0 saturated carbocycles. The van der Waals surface area contributed by atoms with Crippen LogP contribution in [0.4, 0.5) is 4.39 Å². The molecule has 0 fully saturated rings. The second-order valence-electron chi connectivity index (χ2n) is 4.28. The number of alkyl halides is 1. The van der Waals surface area contributed by atoms with Crippen molar-refractivity contribution in [3.63, 3.8) is 0 Å². The van der Waals surface area contributed by atoms with E-state index in [1.807, 2.05) is 13.0 Å². The smallest absolute Gasteiger partial charge is 0.220 e. The minimum Gasteiger partial charge on any atom is -0.296 e. The van der Waals surface area contributed by atoms with Crippen LogP contribution in [0.15, 0.2) is 18.2 Å². The number of halogens is 1. The van der Waals surface area contributed by atoms with Crippen LogP contribution in [0.1, 0.15) is 47.7 Å². The van der Waals surface area contributed by atoms with E-state index in [9.17, 15) is 14.0 Å². The molecular formula is C15H13FN2O2. The van der Waals surface area contributed by atoms with Gasteiger partial charge >= 0.3 is 0 Å². The SMILES string of the molecule is CCCCC(=O)C(F)C(=O)c1ccc(C#N)cc1C#N. The lowest BCUT2D eigenvalue weighted by Crippen LogP contribution is -2.26. The Morgan fingerprint density at radius 3 is 2.55 bits per heavy atom. The van der Waals surface area contributed by atoms with Gasteiger partial charge in [-0.25, -0.2) is 4.39 Å². The molecule has 4 nitrogen and oxygen atoms in total. The molecule has 1 rings (SSSR count). The first kappa shape index (κ1) is 15.5. The third-order valence-electron chi connectivity index (χ3n) is 2.82. The molecule has 1 aromatic carbocycles. The van der Waals surface area contributed by atoms with Gasteiger partial charge in [-0.15, -0.1) is 0 Å². The molecule has 1 atom stereocenters. The predicted octanol–water partition coefficient (Wildman–Crippen LogP) is 2.71. The largest absolute Gasteiger partial charge is 0.296 e. The van der Waals surface area contributed by atoms with E-state index in [0.29, 0.717) is 6.42 Å². The summed E-state index contributed by atoms with van der Waals surface area (Å²) in [6.07, 6.45) is -0.999. The van der Waals surface area contributed by atoms with Gasteiger partial charge in [-0.1, -0.05) is 13.3 Å². The van der Waals surface area contributed by atoms with Gasteiger partial charge in [0.2, 0.25) is 12.0 Å². The number of hydrogen-bond acceptors (Lipinski definition) is 4. The number of hydrogen-bond donors (Lipinski definition) is 0. The summed E-state index contributed by atoms with van der Waals surface area (Å²) < 4.78 is 13.8. The summed E-state index contributed by atoms with van der Waals surface area (Å²) in [6, 6.07) is 7.29. The lowest BCUT2D eigenvalue weighted by molar-refractivity contribution is -0.122. The minimum absolute atomic E-state index is 0.00156. The Morgan fingerprint density at radius 2 is 2.00 bits per heavy atom. The van der Waals surface area contributed by atoms with E-state index in [1.54, 1.807) is 6.07 Å². The molecule has 0 aliphatic rings. The number of unbranched alkanes of at least 4 members (excludes halogenated alkanes) is 1. The summed E-state index contributed by atoms with van der Waals surface area (Å²) >= 11 is 0. The van der Waals surface area contributed by atoms with Crippen molar-refractivity contribution in [1.29, 1.82) is 10.5 Å². The summed E-state index contributed by atoms with van der Waals surface area (Å²) in [5, 5.41) is 17.6. The fourth-order valence-corrected chi connectivity index (χ4v) is 1.68. The van der Waals surface area contributed by atoms with Gasteiger partial charge in [0, 0.05) is 12.0 Å². The van der Waals surface area contributed by atoms with Crippen molar-refractivity contribution in [2.45, 2.75) is 32.4 Å². The quantitative estimate of drug-likeness (QED) is 0.589. The third kappa shape index (κ3) is 3.49. The van der Waals surface area contributed by atoms with Gasteiger partial charge in [0.25, 0.3) is 0 Å². The van der Waals surface area contributed by atoms with E-state index in [1.165, 1.54) is 18.2 Å². The number of rotatable bonds is 6. The second kappa shape index (κ2) is 7.16. The van der Waals surface area contributed by atoms with E-state index in [-0.39, 0.29) is 23.1 Å². The molecule has 0 amide bonds. The first-order valence-corrected chi connectivity index (χ1v) is 6.20. The Labute approximate surface area is 116 Å². The highest BCUT2D eigenvalue weighted by Gasteiger charge is 2.28. The van der Waals surface area contributed by atoms with Crippen LogP contribution in [0.2, 0.25) is 0 Å². The highest BCUT2D eigenvalue weighted by atomic mass is 19.1. The van der Waals surface area contributed by atoms with Gasteiger partial charge in [0.15, 0.2) is 5.78 Å². The van der Waals surface area contributed by atoms with E-state index >= 15 is 0 Å². The molecule has 1 aromatic rings. The van der Waals surface area contributed by atoms with Crippen molar-refractivity contribution < 1.29 is 14.0 Å². The van der Waals surface area contributed by atoms with Gasteiger partial charge < -0.3 is 0 Å². The van der Waals surface area contributed by atoms with Crippen LogP contribution in [-0.2, 0) is 4.79 Å². The van der Waals surface area contributed by atoms with E-state index < -0.39 is 17.7 Å². The Hall–Kier alpha value is -2.53. The highest BCUT2D eigenvalue weighted by Crippen LogP contribution is 2.16. The van der Waals surface area contributed by atoms with Gasteiger partial charge in [0.05, 0.1) is 23.3 Å². The van der Waals surface area contributed by atoms with Gasteiger partial charge in [-0.05, 0) is 24.6 Å². The summed E-state index contributed by atoms with van der Waals surface area (Å²) in [7, 11) is 0. The van der Waals surface area contributed by atoms with Crippen molar-refractivity contribution in [3.05, 3.63) is 34.9 Å². The lowest BCUT2D eigenvalue weighted by Gasteiger charge is -2.07. The van der Waals surface area contributed by atoms with Crippen LogP contribution >= 0.6 is 0 Å². The monoisotopic (exact) mass is 272 g/mol. The maximum absolute atomic E-state index is 13.8. The number of carbonyl (C=O) groups is 2. The average molecular weight is 272 g/mol. The van der Waals surface area contributed by atoms with Crippen molar-refractivity contribution in [1.82, 2.24) is 0 Å². The fraction of sp³-hybridized carbons (Fsp3) is 0.333. The molecule has 0 spiro atoms. The van der Waals surface area contributed by atoms with Crippen LogP contribution in [0.25, 0.3) is 0 Å². The molecule has 0 radical (unpaired) electrons. The molecule has 0 N–H and O–H groups in total. The molecule has 0 aromatic heterocycles. The average Bonchev–Trinajstić information content (AvgIpc) is 2.50. The molecule has 20 heavy (non-hydrogen) atoms. The molecule has 0 saturated heterocycles. The first-order chi connectivity index (χ1) is 9.54. The highest BCUT2D eigenvalue weighted by molar-refractivity contribution is 6.14. The van der Waals surface area contributed by atoms with Crippen LogP contribution < -0.4 is 0 Å². The van der Waals surface area contributed by atoms with Gasteiger partial charge in [-0.3, -0.25) is 9.59 Å². The van der Waals surface area contributed by atoms with Crippen LogP contribution in [0.3, 0.4) is 0 Å². The van der Waals surface area contributed by atoms with Gasteiger partial charge in [0.1, 0.15) is 0 Å². The number of nitrogens with zero attached hydrogens (tertiary/aromatic N) is 2. The Bertz CT molecular complexity index is 611. The molecule has 0 bridgehead atoms. The molecule has 1 unspecified atom stereocenters. The van der Waals surface area contributed by atoms with Crippen LogP contribution in [-0.4, -0.2) is 17.7 Å². The van der Waals surface area contributed by atoms with Gasteiger partial charge in [-0.2, -0.15) is 10.5 Å². The lowest BCUT2D eigenvalue weighted by atomic mass is 9.96. The van der Waals surface area contributed by atoms with Crippen molar-refractivity contribution in [2.24, 2.45) is 0 Å². The molecule has 102 valence electrons. The minimum atomic E-state index is -2.25. The number of nitriles is 2. The van der Waals surface area contributed by atoms with Crippen molar-refractivity contribution in [3.8, 4) is 12.1 Å². The molecular weight excluding hydrogens is 259 g/mol. The third-order valence-corrected chi connectivity index (χ3v) is 2.82. The zero-order chi connectivity index (χ0) is 15.1. The standard InChI is InChI=1S/C15H13FN2O2/c1-2-3-4-13(19)14(16)15(20)12-6-5-10(8-17)7-11(12)9-18/h5-7,14H,2-4H2,1H3. The number of carbonyl (C=O) groups excluding carboxylic acids is 2. The number of Topliss-reactive ketones (excluding diaryl/α,β-unsaturated/α-hetero) is 2. The van der Waals surface area contributed by atoms with E-state index in [0.717, 1.165) is 6.42 Å². The maximum Gasteiger partial charge on any atom is 0.220 e. The van der Waals surface area contributed by atoms with E-state index in [4.69, 9.17) is 10.5 Å². The fourth-order valence-electron chi connectivity index (χ4n) is 1.68. The zero-order valence-corrected chi connectivity index (χ0v) is 11.0. The Balaban J connectivity index is 3.01. The van der Waals surface area contributed by atoms with Crippen LogP contribution in [0.5, 0.6) is 0 Å².